The molecule has 1 fully saturated rings. The number of fused-ring (bicyclic) bond motifs is 5. The molecule has 4 rings (SSSR count). The van der Waals surface area contributed by atoms with E-state index < -0.39 is 22.8 Å². The third kappa shape index (κ3) is 1.80. The van der Waals surface area contributed by atoms with E-state index in [2.05, 4.69) is 24.0 Å². The van der Waals surface area contributed by atoms with Crippen molar-refractivity contribution in [2.24, 2.45) is 5.41 Å². The van der Waals surface area contributed by atoms with Gasteiger partial charge in [-0.15, -0.1) is 5.10 Å². The van der Waals surface area contributed by atoms with Crippen LogP contribution in [0.4, 0.5) is 8.78 Å². The molecule has 2 aliphatic rings. The molecule has 1 saturated carbocycles. The summed E-state index contributed by atoms with van der Waals surface area (Å²) in [5.41, 5.74) is 1.21. The Labute approximate surface area is 138 Å². The van der Waals surface area contributed by atoms with E-state index >= 15 is 0 Å². The van der Waals surface area contributed by atoms with Crippen molar-refractivity contribution in [3.63, 3.8) is 0 Å². The molecule has 24 heavy (non-hydrogen) atoms. The standard InChI is InChI=1S/C18H18F2N2O2/c1-17(2)11-6-7-18(17,9-23)16-10(11)8-14(21-22-16)24-15-12(19)4-3-5-13(15)20/h3-5,8,11,23H,6-7,9H2,1-2H3/t11-,18?/m0/s1. The molecule has 4 nitrogen and oxygen atoms in total. The van der Waals surface area contributed by atoms with Gasteiger partial charge in [0.15, 0.2) is 11.6 Å². The molecule has 1 heterocycles. The number of aromatic nitrogens is 2. The predicted octanol–water partition coefficient (Wildman–Crippen LogP) is 3.69. The zero-order valence-corrected chi connectivity index (χ0v) is 13.5. The molecule has 0 radical (unpaired) electrons. The first-order chi connectivity index (χ1) is 11.4. The van der Waals surface area contributed by atoms with Gasteiger partial charge in [-0.2, -0.15) is 5.10 Å². The fourth-order valence-electron chi connectivity index (χ4n) is 4.49. The van der Waals surface area contributed by atoms with Crippen LogP contribution < -0.4 is 4.74 Å². The molecule has 2 aliphatic carbocycles. The lowest BCUT2D eigenvalue weighted by atomic mass is 9.69. The van der Waals surface area contributed by atoms with Gasteiger partial charge in [0.1, 0.15) is 0 Å². The molecule has 2 bridgehead atoms. The molecule has 2 aromatic rings. The quantitative estimate of drug-likeness (QED) is 0.931. The van der Waals surface area contributed by atoms with Crippen molar-refractivity contribution in [2.45, 2.75) is 38.0 Å². The van der Waals surface area contributed by atoms with Crippen molar-refractivity contribution in [3.8, 4) is 11.6 Å². The maximum atomic E-state index is 13.8. The number of aliphatic hydroxyl groups is 1. The number of rotatable bonds is 3. The highest BCUT2D eigenvalue weighted by molar-refractivity contribution is 5.47. The predicted molar refractivity (Wildman–Crippen MR) is 83.0 cm³/mol. The SMILES string of the molecule is CC1(C)[C@H]2CCC1(CO)c1nnc(Oc3c(F)cccc3F)cc12. The molecule has 0 amide bonds. The Kier molecular flexibility index (Phi) is 3.19. The van der Waals surface area contributed by atoms with E-state index in [0.717, 1.165) is 36.2 Å². The highest BCUT2D eigenvalue weighted by Gasteiger charge is 2.63. The van der Waals surface area contributed by atoms with Crippen molar-refractivity contribution in [3.05, 3.63) is 47.2 Å². The molecule has 1 aromatic heterocycles. The lowest BCUT2D eigenvalue weighted by Crippen LogP contribution is -2.39. The first-order valence-corrected chi connectivity index (χ1v) is 8.01. The molecule has 1 unspecified atom stereocenters. The molecule has 1 N–H and O–H groups in total. The fourth-order valence-corrected chi connectivity index (χ4v) is 4.49. The summed E-state index contributed by atoms with van der Waals surface area (Å²) in [6.45, 7) is 4.26. The van der Waals surface area contributed by atoms with Gasteiger partial charge in [0.2, 0.25) is 11.6 Å². The molecule has 0 spiro atoms. The number of hydrogen-bond donors (Lipinski definition) is 1. The van der Waals surface area contributed by atoms with Crippen LogP contribution in [0.2, 0.25) is 0 Å². The maximum absolute atomic E-state index is 13.8. The van der Waals surface area contributed by atoms with E-state index in [1.54, 1.807) is 6.07 Å². The number of nitrogens with zero attached hydrogens (tertiary/aromatic N) is 2. The number of hydrogen-bond acceptors (Lipinski definition) is 4. The van der Waals surface area contributed by atoms with Crippen LogP contribution in [0.1, 0.15) is 43.9 Å². The number of aliphatic hydroxyl groups excluding tert-OH is 1. The van der Waals surface area contributed by atoms with Gasteiger partial charge in [0.05, 0.1) is 12.3 Å². The van der Waals surface area contributed by atoms with Crippen LogP contribution in [-0.4, -0.2) is 21.9 Å². The first-order valence-electron chi connectivity index (χ1n) is 8.01. The smallest absolute Gasteiger partial charge is 0.239 e. The Morgan fingerprint density at radius 1 is 1.25 bits per heavy atom. The van der Waals surface area contributed by atoms with Gasteiger partial charge >= 0.3 is 0 Å². The topological polar surface area (TPSA) is 55.2 Å². The van der Waals surface area contributed by atoms with E-state index in [1.807, 2.05) is 0 Å². The van der Waals surface area contributed by atoms with Gasteiger partial charge in [-0.3, -0.25) is 0 Å². The maximum Gasteiger partial charge on any atom is 0.239 e. The van der Waals surface area contributed by atoms with Crippen LogP contribution in [0.15, 0.2) is 24.3 Å². The Bertz CT molecular complexity index is 804. The Balaban J connectivity index is 1.76. The normalized spacial score (nSPS) is 26.5. The zero-order valence-electron chi connectivity index (χ0n) is 13.5. The minimum absolute atomic E-state index is 0.0142. The number of benzene rings is 1. The highest BCUT2D eigenvalue weighted by Crippen LogP contribution is 2.67. The molecule has 0 aliphatic heterocycles. The van der Waals surface area contributed by atoms with Gasteiger partial charge in [-0.05, 0) is 41.9 Å². The van der Waals surface area contributed by atoms with Crippen molar-refractivity contribution >= 4 is 0 Å². The van der Waals surface area contributed by atoms with E-state index in [0.29, 0.717) is 0 Å². The summed E-state index contributed by atoms with van der Waals surface area (Å²) in [7, 11) is 0. The van der Waals surface area contributed by atoms with Gasteiger partial charge in [-0.1, -0.05) is 19.9 Å². The number of halogens is 2. The van der Waals surface area contributed by atoms with E-state index in [4.69, 9.17) is 4.74 Å². The summed E-state index contributed by atoms with van der Waals surface area (Å²) < 4.78 is 32.8. The van der Waals surface area contributed by atoms with Gasteiger partial charge in [-0.25, -0.2) is 8.78 Å². The van der Waals surface area contributed by atoms with Crippen LogP contribution >= 0.6 is 0 Å². The van der Waals surface area contributed by atoms with Crippen molar-refractivity contribution in [2.75, 3.05) is 6.61 Å². The highest BCUT2D eigenvalue weighted by atomic mass is 19.1. The zero-order chi connectivity index (χ0) is 17.1. The minimum atomic E-state index is -0.786. The van der Waals surface area contributed by atoms with Crippen LogP contribution in [0, 0.1) is 17.0 Å². The Hall–Kier alpha value is -2.08. The monoisotopic (exact) mass is 332 g/mol. The summed E-state index contributed by atoms with van der Waals surface area (Å²) in [6, 6.07) is 5.24. The molecule has 1 aromatic carbocycles. The molecule has 0 saturated heterocycles. The van der Waals surface area contributed by atoms with E-state index in [-0.39, 0.29) is 23.8 Å². The summed E-state index contributed by atoms with van der Waals surface area (Å²) in [5, 5.41) is 18.2. The average molecular weight is 332 g/mol. The Morgan fingerprint density at radius 3 is 2.62 bits per heavy atom. The average Bonchev–Trinajstić information content (AvgIpc) is 2.92. The number of para-hydroxylation sites is 1. The summed E-state index contributed by atoms with van der Waals surface area (Å²) in [4.78, 5) is 0. The molecule has 2 atom stereocenters. The van der Waals surface area contributed by atoms with E-state index in [1.165, 1.54) is 6.07 Å². The lowest BCUT2D eigenvalue weighted by molar-refractivity contribution is 0.107. The van der Waals surface area contributed by atoms with Crippen molar-refractivity contribution in [1.29, 1.82) is 0 Å². The van der Waals surface area contributed by atoms with Crippen molar-refractivity contribution < 1.29 is 18.6 Å². The van der Waals surface area contributed by atoms with Crippen LogP contribution in [0.5, 0.6) is 11.6 Å². The third-order valence-corrected chi connectivity index (χ3v) is 5.99. The summed E-state index contributed by atoms with van der Waals surface area (Å²) >= 11 is 0. The molecule has 6 heteroatoms. The second-order valence-electron chi connectivity index (χ2n) is 7.19. The second kappa shape index (κ2) is 4.96. The van der Waals surface area contributed by atoms with Gasteiger partial charge < -0.3 is 9.84 Å². The minimum Gasteiger partial charge on any atom is -0.431 e. The van der Waals surface area contributed by atoms with Gasteiger partial charge in [0, 0.05) is 11.5 Å². The lowest BCUT2D eigenvalue weighted by Gasteiger charge is -2.35. The van der Waals surface area contributed by atoms with Crippen LogP contribution in [-0.2, 0) is 5.41 Å². The molecule has 126 valence electrons. The van der Waals surface area contributed by atoms with Crippen molar-refractivity contribution in [1.82, 2.24) is 10.2 Å². The first kappa shape index (κ1) is 15.4. The van der Waals surface area contributed by atoms with Crippen LogP contribution in [0.3, 0.4) is 0 Å². The molecular formula is C18H18F2N2O2. The summed E-state index contributed by atoms with van der Waals surface area (Å²) in [5.74, 6) is -1.76. The largest absolute Gasteiger partial charge is 0.431 e. The van der Waals surface area contributed by atoms with Gasteiger partial charge in [0.25, 0.3) is 0 Å². The second-order valence-corrected chi connectivity index (χ2v) is 7.19. The van der Waals surface area contributed by atoms with E-state index in [9.17, 15) is 13.9 Å². The summed E-state index contributed by atoms with van der Waals surface area (Å²) in [6.07, 6.45) is 1.81. The van der Waals surface area contributed by atoms with Crippen LogP contribution in [0.25, 0.3) is 0 Å². The third-order valence-electron chi connectivity index (χ3n) is 5.99. The molecular weight excluding hydrogens is 314 g/mol. The number of ether oxygens (including phenoxy) is 1. The Morgan fingerprint density at radius 2 is 1.96 bits per heavy atom. The fraction of sp³-hybridized carbons (Fsp3) is 0.444.